The third-order valence-electron chi connectivity index (χ3n) is 3.56. The second kappa shape index (κ2) is 12.8. The third kappa shape index (κ3) is 8.63. The second-order valence-corrected chi connectivity index (χ2v) is 5.85. The fourth-order valence-electron chi connectivity index (χ4n) is 2.11. The van der Waals surface area contributed by atoms with E-state index in [4.69, 9.17) is 14.2 Å². The lowest BCUT2D eigenvalue weighted by Gasteiger charge is -2.15. The van der Waals surface area contributed by atoms with E-state index in [1.165, 1.54) is 4.90 Å². The number of ether oxygens (including phenoxy) is 3. The minimum absolute atomic E-state index is 0.0575. The molecule has 0 radical (unpaired) electrons. The average Bonchev–Trinajstić information content (AvgIpc) is 2.66. The Morgan fingerprint density at radius 3 is 2.59 bits per heavy atom. The van der Waals surface area contributed by atoms with Crippen LogP contribution in [0.25, 0.3) is 0 Å². The van der Waals surface area contributed by atoms with Crippen molar-refractivity contribution in [1.82, 2.24) is 10.2 Å². The number of hydrogen-bond acceptors (Lipinski definition) is 5. The van der Waals surface area contributed by atoms with Crippen molar-refractivity contribution >= 4 is 17.6 Å². The molecule has 0 bridgehead atoms. The maximum atomic E-state index is 11.8. The van der Waals surface area contributed by atoms with Crippen LogP contribution in [0.15, 0.2) is 23.2 Å². The Morgan fingerprint density at radius 2 is 1.96 bits per heavy atom. The molecule has 0 aliphatic carbocycles. The van der Waals surface area contributed by atoms with Crippen LogP contribution in [0.5, 0.6) is 11.5 Å². The molecule has 0 aliphatic heterocycles. The summed E-state index contributed by atoms with van der Waals surface area (Å²) in [6, 6.07) is 5.54. The van der Waals surface area contributed by atoms with E-state index in [1.54, 1.807) is 21.2 Å². The summed E-state index contributed by atoms with van der Waals surface area (Å²) >= 11 is 0. The molecule has 27 heavy (non-hydrogen) atoms. The first-order chi connectivity index (χ1) is 13.0. The molecule has 0 atom stereocenters. The molecule has 0 heterocycles. The van der Waals surface area contributed by atoms with Gasteiger partial charge in [-0.3, -0.25) is 4.79 Å². The predicted octanol–water partition coefficient (Wildman–Crippen LogP) is 1.97. The monoisotopic (exact) mass is 380 g/mol. The van der Waals surface area contributed by atoms with Gasteiger partial charge in [-0.2, -0.15) is 0 Å². The molecule has 8 heteroatoms. The van der Waals surface area contributed by atoms with E-state index in [9.17, 15) is 4.79 Å². The number of anilines is 1. The normalized spacial score (nSPS) is 11.1. The summed E-state index contributed by atoms with van der Waals surface area (Å²) in [6.07, 6.45) is 0.836. The Balaban J connectivity index is 2.82. The van der Waals surface area contributed by atoms with E-state index >= 15 is 0 Å². The molecule has 2 N–H and O–H groups in total. The molecule has 8 nitrogen and oxygen atoms in total. The Labute approximate surface area is 161 Å². The highest BCUT2D eigenvalue weighted by Gasteiger charge is 2.08. The predicted molar refractivity (Wildman–Crippen MR) is 108 cm³/mol. The molecule has 0 saturated carbocycles. The van der Waals surface area contributed by atoms with Gasteiger partial charge in [-0.1, -0.05) is 0 Å². The fraction of sp³-hybridized carbons (Fsp3) is 0.579. The smallest absolute Gasteiger partial charge is 0.243 e. The Kier molecular flexibility index (Phi) is 10.7. The molecule has 0 fully saturated rings. The number of methoxy groups -OCH3 is 1. The Hall–Kier alpha value is -2.48. The standard InChI is InChI=1S/C19H32N4O4/c1-6-26-12-8-11-20-19(21-14-18(24)23(3)4)22-15-9-10-16(27-7-2)17(13-15)25-5/h9-10,13H,6-8,11-12,14H2,1-5H3,(H2,20,21,22). The average molecular weight is 380 g/mol. The Morgan fingerprint density at radius 1 is 1.19 bits per heavy atom. The van der Waals surface area contributed by atoms with Gasteiger partial charge in [0.1, 0.15) is 6.54 Å². The first-order valence-electron chi connectivity index (χ1n) is 9.15. The molecule has 1 aromatic rings. The van der Waals surface area contributed by atoms with E-state index in [0.717, 1.165) is 12.1 Å². The van der Waals surface area contributed by atoms with E-state index < -0.39 is 0 Å². The van der Waals surface area contributed by atoms with Gasteiger partial charge in [-0.25, -0.2) is 4.99 Å². The number of guanidine groups is 1. The van der Waals surface area contributed by atoms with Crippen LogP contribution in [0, 0.1) is 0 Å². The van der Waals surface area contributed by atoms with Crippen LogP contribution >= 0.6 is 0 Å². The molecule has 152 valence electrons. The van der Waals surface area contributed by atoms with Gasteiger partial charge in [-0.15, -0.1) is 0 Å². The number of benzene rings is 1. The first kappa shape index (κ1) is 22.6. The van der Waals surface area contributed by atoms with Gasteiger partial charge in [0.25, 0.3) is 0 Å². The van der Waals surface area contributed by atoms with Crippen LogP contribution in [0.1, 0.15) is 20.3 Å². The SMILES string of the molecule is CCOCCCNC(=NCC(=O)N(C)C)Nc1ccc(OCC)c(OC)c1. The number of nitrogens with one attached hydrogen (secondary N) is 2. The molecule has 0 aromatic heterocycles. The van der Waals surface area contributed by atoms with Crippen molar-refractivity contribution in [3.63, 3.8) is 0 Å². The zero-order chi connectivity index (χ0) is 20.1. The van der Waals surface area contributed by atoms with Crippen LogP contribution in [0.2, 0.25) is 0 Å². The summed E-state index contributed by atoms with van der Waals surface area (Å²) in [5, 5.41) is 6.41. The number of hydrogen-bond donors (Lipinski definition) is 2. The maximum absolute atomic E-state index is 11.8. The van der Waals surface area contributed by atoms with Gasteiger partial charge in [0.2, 0.25) is 5.91 Å². The molecule has 0 spiro atoms. The fourth-order valence-corrected chi connectivity index (χ4v) is 2.11. The number of carbonyl (C=O) groups is 1. The molecular formula is C19H32N4O4. The minimum atomic E-state index is -0.0744. The zero-order valence-electron chi connectivity index (χ0n) is 17.0. The van der Waals surface area contributed by atoms with E-state index in [-0.39, 0.29) is 12.5 Å². The van der Waals surface area contributed by atoms with Gasteiger partial charge in [-0.05, 0) is 32.4 Å². The summed E-state index contributed by atoms with van der Waals surface area (Å²) in [7, 11) is 5.01. The molecule has 1 amide bonds. The summed E-state index contributed by atoms with van der Waals surface area (Å²) in [4.78, 5) is 17.7. The van der Waals surface area contributed by atoms with Gasteiger partial charge < -0.3 is 29.7 Å². The Bertz CT molecular complexity index is 605. The summed E-state index contributed by atoms with van der Waals surface area (Å²) in [6.45, 7) is 6.55. The van der Waals surface area contributed by atoms with Crippen LogP contribution in [-0.2, 0) is 9.53 Å². The largest absolute Gasteiger partial charge is 0.493 e. The van der Waals surface area contributed by atoms with Gasteiger partial charge in [0, 0.05) is 45.6 Å². The number of carbonyl (C=O) groups excluding carboxylic acids is 1. The van der Waals surface area contributed by atoms with Crippen molar-refractivity contribution in [3.05, 3.63) is 18.2 Å². The van der Waals surface area contributed by atoms with Crippen molar-refractivity contribution in [3.8, 4) is 11.5 Å². The van der Waals surface area contributed by atoms with Gasteiger partial charge >= 0.3 is 0 Å². The molecule has 0 aliphatic rings. The van der Waals surface area contributed by atoms with Crippen molar-refractivity contribution in [2.45, 2.75) is 20.3 Å². The van der Waals surface area contributed by atoms with Gasteiger partial charge in [0.05, 0.1) is 13.7 Å². The van der Waals surface area contributed by atoms with E-state index in [2.05, 4.69) is 15.6 Å². The second-order valence-electron chi connectivity index (χ2n) is 5.85. The molecular weight excluding hydrogens is 348 g/mol. The third-order valence-corrected chi connectivity index (χ3v) is 3.56. The number of aliphatic imine (C=N–C) groups is 1. The quantitative estimate of drug-likeness (QED) is 0.347. The number of amides is 1. The molecule has 0 unspecified atom stereocenters. The van der Waals surface area contributed by atoms with E-state index in [1.807, 2.05) is 32.0 Å². The minimum Gasteiger partial charge on any atom is -0.493 e. The lowest BCUT2D eigenvalue weighted by Crippen LogP contribution is -2.34. The lowest BCUT2D eigenvalue weighted by atomic mass is 10.2. The number of rotatable bonds is 11. The highest BCUT2D eigenvalue weighted by atomic mass is 16.5. The first-order valence-corrected chi connectivity index (χ1v) is 9.15. The van der Waals surface area contributed by atoms with Crippen LogP contribution in [0.3, 0.4) is 0 Å². The zero-order valence-corrected chi connectivity index (χ0v) is 17.0. The topological polar surface area (TPSA) is 84.4 Å². The highest BCUT2D eigenvalue weighted by Crippen LogP contribution is 2.30. The maximum Gasteiger partial charge on any atom is 0.243 e. The van der Waals surface area contributed by atoms with Crippen molar-refractivity contribution in [2.75, 3.05) is 59.4 Å². The van der Waals surface area contributed by atoms with Gasteiger partial charge in [0.15, 0.2) is 17.5 Å². The summed E-state index contributed by atoms with van der Waals surface area (Å²) in [5.74, 6) is 1.75. The summed E-state index contributed by atoms with van der Waals surface area (Å²) < 4.78 is 16.2. The lowest BCUT2D eigenvalue weighted by molar-refractivity contribution is -0.127. The molecule has 0 saturated heterocycles. The molecule has 1 rings (SSSR count). The van der Waals surface area contributed by atoms with Crippen LogP contribution in [-0.4, -0.2) is 70.9 Å². The highest BCUT2D eigenvalue weighted by molar-refractivity contribution is 5.95. The van der Waals surface area contributed by atoms with Crippen molar-refractivity contribution < 1.29 is 19.0 Å². The number of nitrogens with zero attached hydrogens (tertiary/aromatic N) is 2. The van der Waals surface area contributed by atoms with Crippen LogP contribution in [0.4, 0.5) is 5.69 Å². The van der Waals surface area contributed by atoms with Crippen LogP contribution < -0.4 is 20.1 Å². The molecule has 1 aromatic carbocycles. The van der Waals surface area contributed by atoms with Crippen molar-refractivity contribution in [2.24, 2.45) is 4.99 Å². The van der Waals surface area contributed by atoms with E-state index in [0.29, 0.717) is 43.8 Å². The number of likely N-dealkylation sites (N-methyl/N-ethyl adjacent to an activating group) is 1. The summed E-state index contributed by atoms with van der Waals surface area (Å²) in [5.41, 5.74) is 0.781. The van der Waals surface area contributed by atoms with Crippen molar-refractivity contribution in [1.29, 1.82) is 0 Å².